The van der Waals surface area contributed by atoms with E-state index in [9.17, 15) is 28.1 Å². The first kappa shape index (κ1) is 29.8. The topological polar surface area (TPSA) is 139 Å². The first-order valence-electron chi connectivity index (χ1n) is 11.4. The lowest BCUT2D eigenvalue weighted by Crippen LogP contribution is -2.53. The summed E-state index contributed by atoms with van der Waals surface area (Å²) < 4.78 is 31.5. The fourth-order valence-electron chi connectivity index (χ4n) is 3.67. The van der Waals surface area contributed by atoms with E-state index in [-0.39, 0.29) is 36.1 Å². The van der Waals surface area contributed by atoms with Crippen molar-refractivity contribution in [3.8, 4) is 5.75 Å². The van der Waals surface area contributed by atoms with Gasteiger partial charge in [-0.15, -0.1) is 0 Å². The maximum absolute atomic E-state index is 13.7. The van der Waals surface area contributed by atoms with E-state index in [1.54, 1.807) is 45.0 Å². The van der Waals surface area contributed by atoms with Crippen molar-refractivity contribution in [3.63, 3.8) is 0 Å². The number of carbonyl (C=O) groups excluding carboxylic acids is 2. The molecule has 1 atom stereocenters. The number of hydrogen-bond acceptors (Lipinski definition) is 7. The molecule has 0 radical (unpaired) electrons. The van der Waals surface area contributed by atoms with E-state index >= 15 is 0 Å². The molecule has 0 aliphatic carbocycles. The Balaban J connectivity index is 2.55. The molecule has 0 fully saturated rings. The third kappa shape index (κ3) is 8.05. The quantitative estimate of drug-likeness (QED) is 0.313. The number of halogens is 1. The highest BCUT2D eigenvalue weighted by atomic mass is 35.5. The summed E-state index contributed by atoms with van der Waals surface area (Å²) in [6.45, 7) is 4.61. The summed E-state index contributed by atoms with van der Waals surface area (Å²) in [5.74, 6) is -1.05. The van der Waals surface area contributed by atoms with Crippen LogP contribution in [0.4, 0.5) is 11.4 Å². The maximum atomic E-state index is 13.7. The van der Waals surface area contributed by atoms with Crippen molar-refractivity contribution in [2.75, 3.05) is 24.2 Å². The predicted molar refractivity (Wildman–Crippen MR) is 141 cm³/mol. The standard InChI is InChI=1S/C24H31ClN4O7S/c1-6-20(24(31)26-16(2)3)27(14-17-7-9-18(25)10-8-17)23(30)15-28(37(5,34)35)21-13-19(29(32)33)11-12-22(21)36-4/h7-13,16,20H,6,14-15H2,1-5H3,(H,26,31)/t20-/m0/s1. The second kappa shape index (κ2) is 12.7. The van der Waals surface area contributed by atoms with E-state index in [0.29, 0.717) is 10.6 Å². The number of amides is 2. The number of methoxy groups -OCH3 is 1. The SMILES string of the molecule is CC[C@@H](C(=O)NC(C)C)N(Cc1ccc(Cl)cc1)C(=O)CN(c1cc([N+](=O)[O-])ccc1OC)S(C)(=O)=O. The van der Waals surface area contributed by atoms with Crippen molar-refractivity contribution in [1.29, 1.82) is 0 Å². The van der Waals surface area contributed by atoms with Gasteiger partial charge in [0.1, 0.15) is 24.0 Å². The molecule has 37 heavy (non-hydrogen) atoms. The van der Waals surface area contributed by atoms with Gasteiger partial charge in [-0.05, 0) is 44.0 Å². The summed E-state index contributed by atoms with van der Waals surface area (Å²) in [6.07, 6.45) is 1.14. The van der Waals surface area contributed by atoms with Crippen molar-refractivity contribution < 1.29 is 27.7 Å². The number of nitro benzene ring substituents is 1. The minimum Gasteiger partial charge on any atom is -0.495 e. The molecule has 0 saturated heterocycles. The van der Waals surface area contributed by atoms with Gasteiger partial charge in [-0.25, -0.2) is 8.42 Å². The van der Waals surface area contributed by atoms with Crippen LogP contribution in [0.3, 0.4) is 0 Å². The van der Waals surface area contributed by atoms with Gasteiger partial charge in [0, 0.05) is 29.7 Å². The molecule has 2 rings (SSSR count). The van der Waals surface area contributed by atoms with Crippen LogP contribution in [0, 0.1) is 10.1 Å². The number of hydrogen-bond donors (Lipinski definition) is 1. The van der Waals surface area contributed by atoms with Gasteiger partial charge in [0.15, 0.2) is 0 Å². The van der Waals surface area contributed by atoms with Crippen LogP contribution in [0.25, 0.3) is 0 Å². The molecule has 0 saturated carbocycles. The van der Waals surface area contributed by atoms with E-state index in [0.717, 1.165) is 16.6 Å². The number of carbonyl (C=O) groups is 2. The molecule has 0 bridgehead atoms. The van der Waals surface area contributed by atoms with Crippen molar-refractivity contribution in [1.82, 2.24) is 10.2 Å². The van der Waals surface area contributed by atoms with Gasteiger partial charge in [0.25, 0.3) is 5.69 Å². The molecule has 0 aromatic heterocycles. The number of ether oxygens (including phenoxy) is 1. The molecule has 2 amide bonds. The van der Waals surface area contributed by atoms with Crippen molar-refractivity contribution in [2.24, 2.45) is 0 Å². The van der Waals surface area contributed by atoms with E-state index in [1.165, 1.54) is 24.1 Å². The molecular formula is C24H31ClN4O7S. The molecule has 13 heteroatoms. The fourth-order valence-corrected chi connectivity index (χ4v) is 4.64. The van der Waals surface area contributed by atoms with Crippen LogP contribution < -0.4 is 14.4 Å². The predicted octanol–water partition coefficient (Wildman–Crippen LogP) is 3.35. The van der Waals surface area contributed by atoms with Crippen LogP contribution in [0.1, 0.15) is 32.8 Å². The summed E-state index contributed by atoms with van der Waals surface area (Å²) in [4.78, 5) is 38.6. The second-order valence-corrected chi connectivity index (χ2v) is 11.0. The molecule has 1 N–H and O–H groups in total. The van der Waals surface area contributed by atoms with E-state index in [2.05, 4.69) is 5.32 Å². The molecule has 0 heterocycles. The number of nitrogens with zero attached hydrogens (tertiary/aromatic N) is 3. The molecule has 0 unspecified atom stereocenters. The van der Waals surface area contributed by atoms with Gasteiger partial charge < -0.3 is 15.0 Å². The van der Waals surface area contributed by atoms with Gasteiger partial charge in [-0.3, -0.25) is 24.0 Å². The zero-order valence-corrected chi connectivity index (χ0v) is 22.9. The van der Waals surface area contributed by atoms with Crippen LogP contribution in [0.5, 0.6) is 5.75 Å². The average Bonchev–Trinajstić information content (AvgIpc) is 2.81. The number of nitrogens with one attached hydrogen (secondary N) is 1. The molecule has 202 valence electrons. The first-order valence-corrected chi connectivity index (χ1v) is 13.7. The lowest BCUT2D eigenvalue weighted by atomic mass is 10.1. The summed E-state index contributed by atoms with van der Waals surface area (Å²) >= 11 is 5.98. The molecular weight excluding hydrogens is 524 g/mol. The zero-order chi connectivity index (χ0) is 27.9. The molecule has 2 aromatic rings. The number of sulfonamides is 1. The molecule has 11 nitrogen and oxygen atoms in total. The van der Waals surface area contributed by atoms with Gasteiger partial charge in [-0.1, -0.05) is 30.7 Å². The average molecular weight is 555 g/mol. The van der Waals surface area contributed by atoms with Gasteiger partial charge in [-0.2, -0.15) is 0 Å². The number of non-ortho nitro benzene ring substituents is 1. The van der Waals surface area contributed by atoms with Crippen molar-refractivity contribution in [3.05, 3.63) is 63.2 Å². The Morgan fingerprint density at radius 3 is 2.27 bits per heavy atom. The van der Waals surface area contributed by atoms with Crippen LogP contribution in [-0.2, 0) is 26.2 Å². The van der Waals surface area contributed by atoms with Crippen molar-refractivity contribution >= 4 is 44.8 Å². The van der Waals surface area contributed by atoms with E-state index in [4.69, 9.17) is 16.3 Å². The Bertz CT molecular complexity index is 1240. The van der Waals surface area contributed by atoms with Crippen LogP contribution in [0.2, 0.25) is 5.02 Å². The Morgan fingerprint density at radius 2 is 1.78 bits per heavy atom. The highest BCUT2D eigenvalue weighted by Crippen LogP contribution is 2.34. The maximum Gasteiger partial charge on any atom is 0.271 e. The fraction of sp³-hybridized carbons (Fsp3) is 0.417. The smallest absolute Gasteiger partial charge is 0.271 e. The molecule has 0 aliphatic heterocycles. The normalized spacial score (nSPS) is 12.1. The van der Waals surface area contributed by atoms with E-state index < -0.39 is 39.3 Å². The van der Waals surface area contributed by atoms with Crippen LogP contribution >= 0.6 is 11.6 Å². The first-order chi connectivity index (χ1) is 17.3. The summed E-state index contributed by atoms with van der Waals surface area (Å²) in [5.41, 5.74) is 0.128. The number of nitro groups is 1. The lowest BCUT2D eigenvalue weighted by Gasteiger charge is -2.33. The monoisotopic (exact) mass is 554 g/mol. The highest BCUT2D eigenvalue weighted by molar-refractivity contribution is 7.92. The second-order valence-electron chi connectivity index (χ2n) is 8.62. The van der Waals surface area contributed by atoms with Gasteiger partial charge in [0.2, 0.25) is 21.8 Å². The molecule has 0 aliphatic rings. The Hall–Kier alpha value is -3.38. The number of benzene rings is 2. The minimum atomic E-state index is -4.11. The largest absolute Gasteiger partial charge is 0.495 e. The van der Waals surface area contributed by atoms with Crippen molar-refractivity contribution in [2.45, 2.75) is 45.8 Å². The Kier molecular flexibility index (Phi) is 10.3. The Morgan fingerprint density at radius 1 is 1.16 bits per heavy atom. The molecule has 2 aromatic carbocycles. The molecule has 0 spiro atoms. The third-order valence-corrected chi connectivity index (χ3v) is 6.78. The number of rotatable bonds is 12. The van der Waals surface area contributed by atoms with Gasteiger partial charge in [0.05, 0.1) is 18.3 Å². The van der Waals surface area contributed by atoms with Gasteiger partial charge >= 0.3 is 0 Å². The summed E-state index contributed by atoms with van der Waals surface area (Å²) in [7, 11) is -2.83. The minimum absolute atomic E-state index is 0.00367. The highest BCUT2D eigenvalue weighted by Gasteiger charge is 2.33. The third-order valence-electron chi connectivity index (χ3n) is 5.40. The summed E-state index contributed by atoms with van der Waals surface area (Å²) in [6, 6.07) is 9.06. The van der Waals surface area contributed by atoms with E-state index in [1.807, 2.05) is 0 Å². The summed E-state index contributed by atoms with van der Waals surface area (Å²) in [5, 5.41) is 14.6. The lowest BCUT2D eigenvalue weighted by molar-refractivity contribution is -0.384. The van der Waals surface area contributed by atoms with Crippen LogP contribution in [0.15, 0.2) is 42.5 Å². The number of anilines is 1. The Labute approximate surface area is 221 Å². The zero-order valence-electron chi connectivity index (χ0n) is 21.3. The van der Waals surface area contributed by atoms with Crippen LogP contribution in [-0.4, -0.2) is 62.0 Å².